The monoisotopic (exact) mass is 401 g/mol. The summed E-state index contributed by atoms with van der Waals surface area (Å²) in [7, 11) is 0. The summed E-state index contributed by atoms with van der Waals surface area (Å²) in [5.41, 5.74) is 10.7. The number of anilines is 1. The number of fused-ring (bicyclic) bond motifs is 2. The van der Waals surface area contributed by atoms with Crippen LogP contribution in [-0.2, 0) is 0 Å². The van der Waals surface area contributed by atoms with Crippen molar-refractivity contribution < 1.29 is 0 Å². The van der Waals surface area contributed by atoms with Crippen LogP contribution in [-0.4, -0.2) is 18.9 Å². The molecule has 7 heteroatoms. The van der Waals surface area contributed by atoms with E-state index in [0.717, 1.165) is 11.2 Å². The number of nitrogen functional groups attached to an aromatic ring is 1. The SMILES string of the molecule is Cc1ccc2c(N)c(-c3ccc4cncn4c3)c(=O)n(-c3ccc(Cl)cc3)c2n1. The van der Waals surface area contributed by atoms with E-state index in [1.165, 1.54) is 0 Å². The minimum absolute atomic E-state index is 0.241. The first-order chi connectivity index (χ1) is 14.0. The highest BCUT2D eigenvalue weighted by Crippen LogP contribution is 2.30. The molecule has 4 heterocycles. The van der Waals surface area contributed by atoms with Crippen LogP contribution >= 0.6 is 11.6 Å². The fourth-order valence-electron chi connectivity index (χ4n) is 3.56. The molecule has 0 spiro atoms. The number of rotatable bonds is 2. The van der Waals surface area contributed by atoms with Crippen molar-refractivity contribution in [2.75, 3.05) is 5.73 Å². The molecule has 0 saturated carbocycles. The van der Waals surface area contributed by atoms with Gasteiger partial charge in [-0.25, -0.2) is 9.97 Å². The molecule has 0 atom stereocenters. The molecule has 0 unspecified atom stereocenters. The first-order valence-electron chi connectivity index (χ1n) is 9.03. The molecule has 6 nitrogen and oxygen atoms in total. The van der Waals surface area contributed by atoms with Gasteiger partial charge in [-0.15, -0.1) is 0 Å². The number of nitrogens with two attached hydrogens (primary N) is 1. The molecule has 142 valence electrons. The van der Waals surface area contributed by atoms with Gasteiger partial charge in [0.15, 0.2) is 0 Å². The molecule has 4 aromatic heterocycles. The van der Waals surface area contributed by atoms with E-state index in [2.05, 4.69) is 9.97 Å². The maximum atomic E-state index is 13.7. The molecule has 0 radical (unpaired) electrons. The Morgan fingerprint density at radius 1 is 1.03 bits per heavy atom. The molecular formula is C22H16ClN5O. The Morgan fingerprint density at radius 2 is 1.83 bits per heavy atom. The van der Waals surface area contributed by atoms with Crippen molar-refractivity contribution in [3.8, 4) is 16.8 Å². The van der Waals surface area contributed by atoms with Crippen LogP contribution in [0.3, 0.4) is 0 Å². The quantitative estimate of drug-likeness (QED) is 0.479. The Balaban J connectivity index is 1.91. The molecule has 0 fully saturated rings. The van der Waals surface area contributed by atoms with Gasteiger partial charge in [0.2, 0.25) is 0 Å². The molecule has 0 aliphatic heterocycles. The second-order valence-electron chi connectivity index (χ2n) is 6.87. The Labute approximate surface area is 170 Å². The molecule has 29 heavy (non-hydrogen) atoms. The van der Waals surface area contributed by atoms with E-state index >= 15 is 0 Å². The summed E-state index contributed by atoms with van der Waals surface area (Å²) in [6.07, 6.45) is 5.31. The fourth-order valence-corrected chi connectivity index (χ4v) is 3.68. The van der Waals surface area contributed by atoms with E-state index in [4.69, 9.17) is 17.3 Å². The Kier molecular flexibility index (Phi) is 3.89. The minimum Gasteiger partial charge on any atom is -0.397 e. The standard InChI is InChI=1S/C22H16ClN5O/c1-13-2-9-18-20(24)19(14-3-6-17-10-25-12-27(17)11-14)22(29)28(21(18)26-13)16-7-4-15(23)5-8-16/h2-12H,24H2,1H3. The lowest BCUT2D eigenvalue weighted by Crippen LogP contribution is -2.23. The summed E-state index contributed by atoms with van der Waals surface area (Å²) in [6.45, 7) is 1.88. The molecule has 5 rings (SSSR count). The number of nitrogens with zero attached hydrogens (tertiary/aromatic N) is 4. The topological polar surface area (TPSA) is 78.2 Å². The van der Waals surface area contributed by atoms with Crippen molar-refractivity contribution in [1.29, 1.82) is 0 Å². The maximum Gasteiger partial charge on any atom is 0.266 e. The zero-order valence-corrected chi connectivity index (χ0v) is 16.3. The highest BCUT2D eigenvalue weighted by molar-refractivity contribution is 6.30. The molecule has 0 saturated heterocycles. The number of aromatic nitrogens is 4. The Hall–Kier alpha value is -3.64. The molecule has 5 aromatic rings. The van der Waals surface area contributed by atoms with Gasteiger partial charge in [0.05, 0.1) is 35.0 Å². The zero-order valence-electron chi connectivity index (χ0n) is 15.5. The van der Waals surface area contributed by atoms with Crippen molar-refractivity contribution >= 4 is 33.8 Å². The van der Waals surface area contributed by atoms with Crippen LogP contribution in [0.25, 0.3) is 33.4 Å². The van der Waals surface area contributed by atoms with Crippen molar-refractivity contribution in [3.05, 3.63) is 88.3 Å². The van der Waals surface area contributed by atoms with Gasteiger partial charge < -0.3 is 10.1 Å². The van der Waals surface area contributed by atoms with E-state index in [1.807, 2.05) is 41.8 Å². The summed E-state index contributed by atoms with van der Waals surface area (Å²) in [6, 6.07) is 14.7. The van der Waals surface area contributed by atoms with E-state index in [-0.39, 0.29) is 5.56 Å². The molecule has 0 bridgehead atoms. The molecule has 0 aliphatic carbocycles. The van der Waals surface area contributed by atoms with Crippen molar-refractivity contribution in [2.24, 2.45) is 0 Å². The number of aryl methyl sites for hydroxylation is 1. The third kappa shape index (κ3) is 2.77. The van der Waals surface area contributed by atoms with E-state index in [0.29, 0.717) is 38.6 Å². The third-order valence-corrected chi connectivity index (χ3v) is 5.24. The molecular weight excluding hydrogens is 386 g/mol. The fraction of sp³-hybridized carbons (Fsp3) is 0.0455. The van der Waals surface area contributed by atoms with Gasteiger partial charge in [-0.3, -0.25) is 9.36 Å². The average molecular weight is 402 g/mol. The number of pyridine rings is 3. The lowest BCUT2D eigenvalue weighted by Gasteiger charge is -2.16. The average Bonchev–Trinajstić information content (AvgIpc) is 3.17. The van der Waals surface area contributed by atoms with Crippen LogP contribution in [0.5, 0.6) is 0 Å². The van der Waals surface area contributed by atoms with Crippen molar-refractivity contribution in [1.82, 2.24) is 18.9 Å². The number of halogens is 1. The molecule has 0 aliphatic rings. The van der Waals surface area contributed by atoms with E-state index in [1.54, 1.807) is 41.4 Å². The highest BCUT2D eigenvalue weighted by Gasteiger charge is 2.19. The van der Waals surface area contributed by atoms with Gasteiger partial charge in [0.25, 0.3) is 5.56 Å². The van der Waals surface area contributed by atoms with Gasteiger partial charge in [0.1, 0.15) is 5.65 Å². The van der Waals surface area contributed by atoms with Gasteiger partial charge in [-0.2, -0.15) is 0 Å². The number of hydrogen-bond donors (Lipinski definition) is 1. The summed E-state index contributed by atoms with van der Waals surface area (Å²) in [5, 5.41) is 1.31. The summed E-state index contributed by atoms with van der Waals surface area (Å²) in [5.74, 6) is 0. The molecule has 1 aromatic carbocycles. The summed E-state index contributed by atoms with van der Waals surface area (Å²) >= 11 is 6.05. The number of imidazole rings is 1. The first-order valence-corrected chi connectivity index (χ1v) is 9.40. The largest absolute Gasteiger partial charge is 0.397 e. The predicted octanol–water partition coefficient (Wildman–Crippen LogP) is 4.24. The summed E-state index contributed by atoms with van der Waals surface area (Å²) < 4.78 is 3.45. The van der Waals surface area contributed by atoms with Crippen LogP contribution < -0.4 is 11.3 Å². The Morgan fingerprint density at radius 3 is 2.62 bits per heavy atom. The van der Waals surface area contributed by atoms with Crippen LogP contribution in [0, 0.1) is 6.92 Å². The number of benzene rings is 1. The van der Waals surface area contributed by atoms with Crippen LogP contribution in [0.2, 0.25) is 5.02 Å². The minimum atomic E-state index is -0.241. The third-order valence-electron chi connectivity index (χ3n) is 4.98. The van der Waals surface area contributed by atoms with E-state index in [9.17, 15) is 4.79 Å². The van der Waals surface area contributed by atoms with Crippen LogP contribution in [0.15, 0.2) is 72.0 Å². The lowest BCUT2D eigenvalue weighted by atomic mass is 10.0. The zero-order chi connectivity index (χ0) is 20.1. The van der Waals surface area contributed by atoms with Crippen LogP contribution in [0.4, 0.5) is 5.69 Å². The van der Waals surface area contributed by atoms with Gasteiger partial charge in [0, 0.05) is 27.9 Å². The van der Waals surface area contributed by atoms with Gasteiger partial charge in [-0.1, -0.05) is 17.7 Å². The summed E-state index contributed by atoms with van der Waals surface area (Å²) in [4.78, 5) is 22.4. The highest BCUT2D eigenvalue weighted by atomic mass is 35.5. The second kappa shape index (κ2) is 6.46. The predicted molar refractivity (Wildman–Crippen MR) is 116 cm³/mol. The van der Waals surface area contributed by atoms with Crippen molar-refractivity contribution in [3.63, 3.8) is 0 Å². The molecule has 0 amide bonds. The normalized spacial score (nSPS) is 11.4. The van der Waals surface area contributed by atoms with Crippen LogP contribution in [0.1, 0.15) is 5.69 Å². The smallest absolute Gasteiger partial charge is 0.266 e. The first kappa shape index (κ1) is 17.5. The lowest BCUT2D eigenvalue weighted by molar-refractivity contribution is 1.01. The van der Waals surface area contributed by atoms with Gasteiger partial charge >= 0.3 is 0 Å². The number of hydrogen-bond acceptors (Lipinski definition) is 4. The second-order valence-corrected chi connectivity index (χ2v) is 7.31. The van der Waals surface area contributed by atoms with E-state index < -0.39 is 0 Å². The molecule has 2 N–H and O–H groups in total. The van der Waals surface area contributed by atoms with Crippen molar-refractivity contribution in [2.45, 2.75) is 6.92 Å². The van der Waals surface area contributed by atoms with Gasteiger partial charge in [-0.05, 0) is 49.4 Å². The Bertz CT molecular complexity index is 1450. The maximum absolute atomic E-state index is 13.7.